The monoisotopic (exact) mass is 332 g/mol. The Hall–Kier alpha value is -1.35. The molecule has 1 aromatic heterocycles. The first-order valence-corrected chi connectivity index (χ1v) is 9.35. The fourth-order valence-electron chi connectivity index (χ4n) is 2.16. The van der Waals surface area contributed by atoms with Gasteiger partial charge in [-0.3, -0.25) is 4.79 Å². The number of hydrogen-bond acceptors (Lipinski definition) is 7. The van der Waals surface area contributed by atoms with Gasteiger partial charge in [0.25, 0.3) is 5.91 Å². The standard InChI is InChI=1S/C12H20N4O3S2/c1-3-16(2)12-15-10(13)9(20-12)11(17)14-7-8-5-4-6-21(8,18)19/h8H,3-7,13H2,1-2H3,(H,14,17). The summed E-state index contributed by atoms with van der Waals surface area (Å²) in [5.41, 5.74) is 5.77. The van der Waals surface area contributed by atoms with E-state index in [2.05, 4.69) is 10.3 Å². The normalized spacial score (nSPS) is 20.4. The van der Waals surface area contributed by atoms with Crippen LogP contribution in [0.2, 0.25) is 0 Å². The molecule has 1 atom stereocenters. The minimum absolute atomic E-state index is 0.136. The van der Waals surface area contributed by atoms with Crippen LogP contribution in [0.4, 0.5) is 10.9 Å². The van der Waals surface area contributed by atoms with Crippen molar-refractivity contribution in [3.63, 3.8) is 0 Å². The van der Waals surface area contributed by atoms with Gasteiger partial charge in [0.05, 0.1) is 11.0 Å². The van der Waals surface area contributed by atoms with E-state index in [1.54, 1.807) is 0 Å². The molecule has 3 N–H and O–H groups in total. The quantitative estimate of drug-likeness (QED) is 0.813. The summed E-state index contributed by atoms with van der Waals surface area (Å²) in [6.45, 7) is 2.87. The molecule has 1 aromatic rings. The number of nitrogens with zero attached hydrogens (tertiary/aromatic N) is 2. The van der Waals surface area contributed by atoms with Gasteiger partial charge in [0.1, 0.15) is 10.7 Å². The SMILES string of the molecule is CCN(C)c1nc(N)c(C(=O)NCC2CCCS2(=O)=O)s1. The van der Waals surface area contributed by atoms with Crippen LogP contribution in [0.15, 0.2) is 0 Å². The fourth-order valence-corrected chi connectivity index (χ4v) is 4.85. The number of aromatic nitrogens is 1. The molecule has 1 aliphatic rings. The lowest BCUT2D eigenvalue weighted by atomic mass is 10.2. The number of sulfone groups is 1. The van der Waals surface area contributed by atoms with Crippen molar-refractivity contribution in [1.82, 2.24) is 10.3 Å². The van der Waals surface area contributed by atoms with Crippen molar-refractivity contribution in [3.05, 3.63) is 4.88 Å². The average molecular weight is 332 g/mol. The Kier molecular flexibility index (Phi) is 4.72. The van der Waals surface area contributed by atoms with Gasteiger partial charge in [0.15, 0.2) is 15.0 Å². The number of rotatable bonds is 5. The van der Waals surface area contributed by atoms with Crippen LogP contribution in [-0.2, 0) is 9.84 Å². The molecule has 0 radical (unpaired) electrons. The molecule has 1 aliphatic heterocycles. The molecule has 0 saturated carbocycles. The minimum atomic E-state index is -3.05. The third-order valence-electron chi connectivity index (χ3n) is 3.60. The van der Waals surface area contributed by atoms with Gasteiger partial charge in [0.2, 0.25) is 0 Å². The highest BCUT2D eigenvalue weighted by Gasteiger charge is 2.31. The lowest BCUT2D eigenvalue weighted by Gasteiger charge is -2.11. The molecule has 9 heteroatoms. The van der Waals surface area contributed by atoms with E-state index in [4.69, 9.17) is 5.73 Å². The Balaban J connectivity index is 2.02. The number of nitrogens with two attached hydrogens (primary N) is 1. The van der Waals surface area contributed by atoms with Crippen molar-refractivity contribution in [3.8, 4) is 0 Å². The second kappa shape index (κ2) is 6.18. The molecular weight excluding hydrogens is 312 g/mol. The van der Waals surface area contributed by atoms with E-state index in [-0.39, 0.29) is 24.0 Å². The molecule has 1 amide bonds. The van der Waals surface area contributed by atoms with E-state index in [1.165, 1.54) is 11.3 Å². The van der Waals surface area contributed by atoms with E-state index in [9.17, 15) is 13.2 Å². The van der Waals surface area contributed by atoms with Crippen molar-refractivity contribution in [1.29, 1.82) is 0 Å². The molecule has 21 heavy (non-hydrogen) atoms. The summed E-state index contributed by atoms with van der Waals surface area (Å²) in [7, 11) is -1.19. The molecule has 118 valence electrons. The van der Waals surface area contributed by atoms with Crippen LogP contribution in [0.1, 0.15) is 29.4 Å². The molecule has 0 aromatic carbocycles. The minimum Gasteiger partial charge on any atom is -0.382 e. The van der Waals surface area contributed by atoms with Crippen molar-refractivity contribution < 1.29 is 13.2 Å². The van der Waals surface area contributed by atoms with Crippen LogP contribution in [0.3, 0.4) is 0 Å². The Labute approximate surface area is 128 Å². The predicted octanol–water partition coefficient (Wildman–Crippen LogP) is 0.488. The van der Waals surface area contributed by atoms with Gasteiger partial charge in [-0.05, 0) is 19.8 Å². The van der Waals surface area contributed by atoms with Crippen LogP contribution in [0.25, 0.3) is 0 Å². The van der Waals surface area contributed by atoms with E-state index < -0.39 is 15.1 Å². The van der Waals surface area contributed by atoms with E-state index in [1.807, 2.05) is 18.9 Å². The summed E-state index contributed by atoms with van der Waals surface area (Å²) in [6.07, 6.45) is 1.27. The Morgan fingerprint density at radius 3 is 2.86 bits per heavy atom. The van der Waals surface area contributed by atoms with E-state index in [0.29, 0.717) is 22.9 Å². The number of nitrogen functional groups attached to an aromatic ring is 1. The molecule has 1 unspecified atom stereocenters. The predicted molar refractivity (Wildman–Crippen MR) is 84.6 cm³/mol. The van der Waals surface area contributed by atoms with E-state index in [0.717, 1.165) is 6.54 Å². The third kappa shape index (κ3) is 3.46. The molecule has 1 saturated heterocycles. The molecule has 2 rings (SSSR count). The topological polar surface area (TPSA) is 105 Å². The zero-order valence-electron chi connectivity index (χ0n) is 12.1. The first-order chi connectivity index (χ1) is 9.85. The Morgan fingerprint density at radius 1 is 1.57 bits per heavy atom. The van der Waals surface area contributed by atoms with Gasteiger partial charge in [-0.25, -0.2) is 13.4 Å². The summed E-state index contributed by atoms with van der Waals surface area (Å²) >= 11 is 1.21. The first-order valence-electron chi connectivity index (χ1n) is 6.82. The van der Waals surface area contributed by atoms with Crippen molar-refractivity contribution in [2.45, 2.75) is 25.0 Å². The largest absolute Gasteiger partial charge is 0.382 e. The van der Waals surface area contributed by atoms with Crippen molar-refractivity contribution in [2.75, 3.05) is 36.5 Å². The second-order valence-corrected chi connectivity index (χ2v) is 8.44. The number of thiazole rings is 1. The lowest BCUT2D eigenvalue weighted by molar-refractivity contribution is 0.0958. The first kappa shape index (κ1) is 16.0. The molecule has 0 bridgehead atoms. The van der Waals surface area contributed by atoms with E-state index >= 15 is 0 Å². The maximum atomic E-state index is 12.1. The molecule has 7 nitrogen and oxygen atoms in total. The maximum Gasteiger partial charge on any atom is 0.265 e. The van der Waals surface area contributed by atoms with Gasteiger partial charge in [0, 0.05) is 20.1 Å². The van der Waals surface area contributed by atoms with Crippen LogP contribution in [0, 0.1) is 0 Å². The number of anilines is 2. The lowest BCUT2D eigenvalue weighted by Crippen LogP contribution is -2.34. The number of hydrogen-bond donors (Lipinski definition) is 2. The number of carbonyl (C=O) groups is 1. The molecule has 0 spiro atoms. The van der Waals surface area contributed by atoms with Gasteiger partial charge >= 0.3 is 0 Å². The zero-order valence-corrected chi connectivity index (χ0v) is 13.8. The zero-order chi connectivity index (χ0) is 15.6. The Morgan fingerprint density at radius 2 is 2.29 bits per heavy atom. The van der Waals surface area contributed by atoms with Gasteiger partial charge in [-0.1, -0.05) is 11.3 Å². The van der Waals surface area contributed by atoms with Gasteiger partial charge < -0.3 is 16.0 Å². The number of carbonyl (C=O) groups excluding carboxylic acids is 1. The molecule has 2 heterocycles. The Bertz CT molecular complexity index is 626. The highest BCUT2D eigenvalue weighted by molar-refractivity contribution is 7.92. The number of amides is 1. The van der Waals surface area contributed by atoms with Gasteiger partial charge in [-0.2, -0.15) is 0 Å². The summed E-state index contributed by atoms with van der Waals surface area (Å²) < 4.78 is 23.4. The highest BCUT2D eigenvalue weighted by Crippen LogP contribution is 2.27. The van der Waals surface area contributed by atoms with Crippen molar-refractivity contribution in [2.24, 2.45) is 0 Å². The third-order valence-corrected chi connectivity index (χ3v) is 7.06. The summed E-state index contributed by atoms with van der Waals surface area (Å²) in [4.78, 5) is 18.5. The van der Waals surface area contributed by atoms with Crippen molar-refractivity contribution >= 4 is 38.0 Å². The molecule has 0 aliphatic carbocycles. The maximum absolute atomic E-state index is 12.1. The summed E-state index contributed by atoms with van der Waals surface area (Å²) in [6, 6.07) is 0. The van der Waals surface area contributed by atoms with Crippen LogP contribution in [-0.4, -0.2) is 50.4 Å². The number of nitrogens with one attached hydrogen (secondary N) is 1. The van der Waals surface area contributed by atoms with Gasteiger partial charge in [-0.15, -0.1) is 0 Å². The molecule has 1 fully saturated rings. The fraction of sp³-hybridized carbons (Fsp3) is 0.667. The average Bonchev–Trinajstić information content (AvgIpc) is 2.98. The van der Waals surface area contributed by atoms with Crippen LogP contribution in [0.5, 0.6) is 0 Å². The van der Waals surface area contributed by atoms with Crippen LogP contribution >= 0.6 is 11.3 Å². The summed E-state index contributed by atoms with van der Waals surface area (Å²) in [5, 5.41) is 2.86. The second-order valence-electron chi connectivity index (χ2n) is 5.07. The van der Waals surface area contributed by atoms with Crippen LogP contribution < -0.4 is 16.0 Å². The smallest absolute Gasteiger partial charge is 0.265 e. The molecular formula is C12H20N4O3S2. The summed E-state index contributed by atoms with van der Waals surface area (Å²) in [5.74, 6) is 0.0340. The highest BCUT2D eigenvalue weighted by atomic mass is 32.2.